The Morgan fingerprint density at radius 1 is 0.970 bits per heavy atom. The van der Waals surface area contributed by atoms with Gasteiger partial charge in [-0.05, 0) is 54.2 Å². The molecule has 3 aromatic carbocycles. The molecule has 1 saturated carbocycles. The Balaban J connectivity index is 1.57. The first-order valence-electron chi connectivity index (χ1n) is 11.4. The van der Waals surface area contributed by atoms with Crippen LogP contribution >= 0.6 is 0 Å². The minimum Gasteiger partial charge on any atom is -0.458 e. The molecule has 6 nitrogen and oxygen atoms in total. The molecular weight excluding hydrogens is 412 g/mol. The monoisotopic (exact) mass is 440 g/mol. The number of amidine groups is 1. The molecule has 1 aromatic heterocycles. The van der Waals surface area contributed by atoms with Gasteiger partial charge < -0.3 is 20.8 Å². The number of benzene rings is 3. The van der Waals surface area contributed by atoms with E-state index in [4.69, 9.17) is 21.6 Å². The molecule has 1 fully saturated rings. The highest BCUT2D eigenvalue weighted by atomic mass is 16.5. The number of aromatic nitrogens is 1. The van der Waals surface area contributed by atoms with Crippen molar-refractivity contribution in [3.05, 3.63) is 83.6 Å². The van der Waals surface area contributed by atoms with E-state index in [-0.39, 0.29) is 24.0 Å². The number of esters is 1. The first-order chi connectivity index (χ1) is 16.0. The summed E-state index contributed by atoms with van der Waals surface area (Å²) in [4.78, 5) is 13.3. The van der Waals surface area contributed by atoms with Crippen molar-refractivity contribution in [2.45, 2.75) is 44.4 Å². The number of nitrogens with zero attached hydrogens (tertiary/aromatic N) is 1. The first-order valence-corrected chi connectivity index (χ1v) is 11.4. The van der Waals surface area contributed by atoms with Crippen molar-refractivity contribution in [2.75, 3.05) is 0 Å². The van der Waals surface area contributed by atoms with E-state index < -0.39 is 0 Å². The summed E-state index contributed by atoms with van der Waals surface area (Å²) < 4.78 is 7.90. The molecule has 0 amide bonds. The minimum atomic E-state index is -0.323. The maximum atomic E-state index is 13.3. The van der Waals surface area contributed by atoms with Crippen LogP contribution in [-0.2, 0) is 11.3 Å². The Morgan fingerprint density at radius 2 is 1.73 bits per heavy atom. The van der Waals surface area contributed by atoms with Gasteiger partial charge in [0.15, 0.2) is 0 Å². The lowest BCUT2D eigenvalue weighted by atomic mass is 9.94. The van der Waals surface area contributed by atoms with Crippen LogP contribution in [0.3, 0.4) is 0 Å². The van der Waals surface area contributed by atoms with Crippen LogP contribution in [0.1, 0.15) is 47.3 Å². The molecule has 1 heterocycles. The summed E-state index contributed by atoms with van der Waals surface area (Å²) >= 11 is 0. The third-order valence-corrected chi connectivity index (χ3v) is 6.63. The zero-order valence-electron chi connectivity index (χ0n) is 18.5. The van der Waals surface area contributed by atoms with Crippen molar-refractivity contribution in [2.24, 2.45) is 11.5 Å². The summed E-state index contributed by atoms with van der Waals surface area (Å²) in [5.41, 5.74) is 14.9. The second kappa shape index (κ2) is 8.71. The Hall–Kier alpha value is -3.64. The zero-order valence-corrected chi connectivity index (χ0v) is 18.5. The second-order valence-corrected chi connectivity index (χ2v) is 8.88. The van der Waals surface area contributed by atoms with Gasteiger partial charge in [0, 0.05) is 29.1 Å². The molecule has 4 aromatic rings. The van der Waals surface area contributed by atoms with Gasteiger partial charge in [0.1, 0.15) is 17.6 Å². The SMILES string of the molecule is N=C(N)c1ccc2cc(C(=O)O[C@H]3CC[C@H](N)CC3)n(Cc3cccc4ccccc34)c2c1. The molecule has 0 unspecified atom stereocenters. The first kappa shape index (κ1) is 21.2. The summed E-state index contributed by atoms with van der Waals surface area (Å²) in [6.45, 7) is 0.506. The molecular formula is C27H28N4O2. The molecule has 0 saturated heterocycles. The van der Waals surface area contributed by atoms with Gasteiger partial charge in [0.25, 0.3) is 0 Å². The van der Waals surface area contributed by atoms with Crippen LogP contribution in [0.5, 0.6) is 0 Å². The number of carbonyl (C=O) groups is 1. The van der Waals surface area contributed by atoms with Crippen molar-refractivity contribution in [3.63, 3.8) is 0 Å². The molecule has 1 aliphatic rings. The van der Waals surface area contributed by atoms with Crippen molar-refractivity contribution >= 4 is 33.5 Å². The standard InChI is InChI=1S/C27H28N4O2/c28-21-10-12-22(13-11-21)33-27(32)25-14-18-8-9-19(26(29)30)15-24(18)31(25)16-20-6-3-5-17-4-1-2-7-23(17)20/h1-9,14-15,21-22H,10-13,16,28H2,(H3,29,30)/t21-,22-. The largest absolute Gasteiger partial charge is 0.458 e. The molecule has 0 atom stereocenters. The molecule has 0 aliphatic heterocycles. The Kier molecular flexibility index (Phi) is 5.60. The number of nitrogen functional groups attached to an aromatic ring is 1. The highest BCUT2D eigenvalue weighted by Gasteiger charge is 2.25. The fourth-order valence-corrected chi connectivity index (χ4v) is 4.78. The number of nitrogens with two attached hydrogens (primary N) is 2. The van der Waals surface area contributed by atoms with Crippen LogP contribution < -0.4 is 11.5 Å². The Morgan fingerprint density at radius 3 is 2.52 bits per heavy atom. The van der Waals surface area contributed by atoms with Crippen LogP contribution in [-0.4, -0.2) is 28.5 Å². The van der Waals surface area contributed by atoms with Gasteiger partial charge in [-0.2, -0.15) is 0 Å². The average molecular weight is 441 g/mol. The normalized spacial score (nSPS) is 18.5. The van der Waals surface area contributed by atoms with Crippen LogP contribution in [0.15, 0.2) is 66.7 Å². The van der Waals surface area contributed by atoms with Gasteiger partial charge in [-0.3, -0.25) is 5.41 Å². The quantitative estimate of drug-likeness (QED) is 0.240. The molecule has 0 bridgehead atoms. The molecule has 0 spiro atoms. The predicted molar refractivity (Wildman–Crippen MR) is 132 cm³/mol. The predicted octanol–water partition coefficient (Wildman–Crippen LogP) is 4.55. The summed E-state index contributed by atoms with van der Waals surface area (Å²) in [6, 6.07) is 22.1. The maximum absolute atomic E-state index is 13.3. The molecule has 0 radical (unpaired) electrons. The lowest BCUT2D eigenvalue weighted by Gasteiger charge is -2.26. The minimum absolute atomic E-state index is 0.00233. The summed E-state index contributed by atoms with van der Waals surface area (Å²) in [7, 11) is 0. The van der Waals surface area contributed by atoms with E-state index in [2.05, 4.69) is 24.3 Å². The Labute approximate surface area is 192 Å². The van der Waals surface area contributed by atoms with Gasteiger partial charge in [-0.25, -0.2) is 4.79 Å². The van der Waals surface area contributed by atoms with E-state index >= 15 is 0 Å². The lowest BCUT2D eigenvalue weighted by Crippen LogP contribution is -2.31. The van der Waals surface area contributed by atoms with Crippen LogP contribution in [0.25, 0.3) is 21.7 Å². The molecule has 6 heteroatoms. The third-order valence-electron chi connectivity index (χ3n) is 6.63. The summed E-state index contributed by atoms with van der Waals surface area (Å²) in [5.74, 6) is -0.325. The molecule has 1 aliphatic carbocycles. The lowest BCUT2D eigenvalue weighted by molar-refractivity contribution is 0.0186. The number of hydrogen-bond acceptors (Lipinski definition) is 4. The Bertz CT molecular complexity index is 1340. The fraction of sp³-hybridized carbons (Fsp3) is 0.259. The highest BCUT2D eigenvalue weighted by molar-refractivity contribution is 6.01. The number of ether oxygens (including phenoxy) is 1. The number of nitrogens with one attached hydrogen (secondary N) is 1. The van der Waals surface area contributed by atoms with E-state index in [0.717, 1.165) is 52.9 Å². The van der Waals surface area contributed by atoms with E-state index in [9.17, 15) is 4.79 Å². The van der Waals surface area contributed by atoms with Crippen LogP contribution in [0.2, 0.25) is 0 Å². The average Bonchev–Trinajstić information content (AvgIpc) is 3.18. The van der Waals surface area contributed by atoms with Gasteiger partial charge in [0.05, 0.1) is 0 Å². The topological polar surface area (TPSA) is 107 Å². The molecule has 5 N–H and O–H groups in total. The van der Waals surface area contributed by atoms with Crippen molar-refractivity contribution in [1.29, 1.82) is 5.41 Å². The highest BCUT2D eigenvalue weighted by Crippen LogP contribution is 2.28. The van der Waals surface area contributed by atoms with Crippen molar-refractivity contribution in [3.8, 4) is 0 Å². The number of carbonyl (C=O) groups excluding carboxylic acids is 1. The number of fused-ring (bicyclic) bond motifs is 2. The van der Waals surface area contributed by atoms with Gasteiger partial charge in [-0.1, -0.05) is 54.6 Å². The molecule has 33 heavy (non-hydrogen) atoms. The van der Waals surface area contributed by atoms with E-state index in [1.807, 2.05) is 47.0 Å². The van der Waals surface area contributed by atoms with Crippen LogP contribution in [0.4, 0.5) is 0 Å². The van der Waals surface area contributed by atoms with Crippen molar-refractivity contribution in [1.82, 2.24) is 4.57 Å². The summed E-state index contributed by atoms with van der Waals surface area (Å²) in [5, 5.41) is 11.1. The second-order valence-electron chi connectivity index (χ2n) is 8.88. The zero-order chi connectivity index (χ0) is 22.9. The fourth-order valence-electron chi connectivity index (χ4n) is 4.78. The van der Waals surface area contributed by atoms with Crippen LogP contribution in [0, 0.1) is 5.41 Å². The summed E-state index contributed by atoms with van der Waals surface area (Å²) in [6.07, 6.45) is 3.24. The van der Waals surface area contributed by atoms with Gasteiger partial charge in [0.2, 0.25) is 0 Å². The smallest absolute Gasteiger partial charge is 0.355 e. The number of rotatable bonds is 5. The molecule has 168 valence electrons. The van der Waals surface area contributed by atoms with Crippen molar-refractivity contribution < 1.29 is 9.53 Å². The van der Waals surface area contributed by atoms with E-state index in [1.165, 1.54) is 0 Å². The van der Waals surface area contributed by atoms with Gasteiger partial charge in [-0.15, -0.1) is 0 Å². The van der Waals surface area contributed by atoms with E-state index in [0.29, 0.717) is 17.8 Å². The molecule has 5 rings (SSSR count). The number of hydrogen-bond donors (Lipinski definition) is 3. The maximum Gasteiger partial charge on any atom is 0.355 e. The third kappa shape index (κ3) is 4.22. The van der Waals surface area contributed by atoms with E-state index in [1.54, 1.807) is 0 Å². The van der Waals surface area contributed by atoms with Gasteiger partial charge >= 0.3 is 5.97 Å².